The van der Waals surface area contributed by atoms with Gasteiger partial charge < -0.3 is 5.73 Å². The molecule has 3 rings (SSSR count). The minimum absolute atomic E-state index is 0.138. The van der Waals surface area contributed by atoms with Crippen LogP contribution in [0.2, 0.25) is 0 Å². The first-order valence-electron chi connectivity index (χ1n) is 5.76. The molecule has 0 spiro atoms. The number of rotatable bonds is 2. The Morgan fingerprint density at radius 1 is 1.38 bits per heavy atom. The number of hydrogen-bond donors (Lipinski definition) is 2. The van der Waals surface area contributed by atoms with Gasteiger partial charge in [-0.05, 0) is 32.3 Å². The maximum atomic E-state index is 6.33. The van der Waals surface area contributed by atoms with Crippen LogP contribution in [0.5, 0.6) is 0 Å². The third kappa shape index (κ3) is 1.15. The number of fused-ring (bicyclic) bond motifs is 1. The van der Waals surface area contributed by atoms with Gasteiger partial charge in [0.15, 0.2) is 0 Å². The second-order valence-corrected chi connectivity index (χ2v) is 5.44. The molecule has 0 radical (unpaired) electrons. The quantitative estimate of drug-likeness (QED) is 0.807. The molecule has 1 aromatic carbocycles. The minimum atomic E-state index is -0.174. The van der Waals surface area contributed by atoms with Crippen molar-refractivity contribution < 1.29 is 0 Å². The van der Waals surface area contributed by atoms with Gasteiger partial charge in [-0.2, -0.15) is 5.10 Å². The van der Waals surface area contributed by atoms with Crippen LogP contribution >= 0.6 is 0 Å². The molecule has 16 heavy (non-hydrogen) atoms. The van der Waals surface area contributed by atoms with E-state index in [-0.39, 0.29) is 11.0 Å². The molecule has 0 aliphatic heterocycles. The van der Waals surface area contributed by atoms with Crippen LogP contribution in [-0.2, 0) is 5.41 Å². The van der Waals surface area contributed by atoms with Gasteiger partial charge in [-0.1, -0.05) is 18.2 Å². The van der Waals surface area contributed by atoms with Crippen LogP contribution < -0.4 is 5.73 Å². The summed E-state index contributed by atoms with van der Waals surface area (Å²) in [5, 5.41) is 8.39. The zero-order valence-corrected chi connectivity index (χ0v) is 9.75. The lowest BCUT2D eigenvalue weighted by atomic mass is 9.78. The fourth-order valence-corrected chi connectivity index (χ4v) is 2.75. The average molecular weight is 215 g/mol. The Bertz CT molecular complexity index is 529. The van der Waals surface area contributed by atoms with Crippen molar-refractivity contribution in [1.29, 1.82) is 0 Å². The Balaban J connectivity index is 2.23. The average Bonchev–Trinajstić information content (AvgIpc) is 2.89. The Hall–Kier alpha value is -1.35. The normalized spacial score (nSPS) is 18.9. The van der Waals surface area contributed by atoms with E-state index in [1.807, 2.05) is 6.20 Å². The predicted molar refractivity (Wildman–Crippen MR) is 65.3 cm³/mol. The zero-order valence-electron chi connectivity index (χ0n) is 9.75. The molecule has 3 N–H and O–H groups in total. The van der Waals surface area contributed by atoms with E-state index in [1.54, 1.807) is 0 Å². The van der Waals surface area contributed by atoms with Crippen molar-refractivity contribution >= 4 is 10.9 Å². The summed E-state index contributed by atoms with van der Waals surface area (Å²) in [6.07, 6.45) is 4.22. The van der Waals surface area contributed by atoms with Gasteiger partial charge in [-0.3, -0.25) is 5.10 Å². The molecule has 0 saturated heterocycles. The van der Waals surface area contributed by atoms with Gasteiger partial charge in [0, 0.05) is 16.3 Å². The molecule has 1 aliphatic rings. The second-order valence-electron chi connectivity index (χ2n) is 5.44. The molecule has 1 fully saturated rings. The highest BCUT2D eigenvalue weighted by Gasteiger charge is 2.54. The van der Waals surface area contributed by atoms with E-state index in [0.717, 1.165) is 5.52 Å². The number of aromatic amines is 1. The number of H-pyrrole nitrogens is 1. The summed E-state index contributed by atoms with van der Waals surface area (Å²) in [5.41, 5.74) is 8.78. The van der Waals surface area contributed by atoms with Gasteiger partial charge in [0.25, 0.3) is 0 Å². The van der Waals surface area contributed by atoms with Crippen LogP contribution in [0.1, 0.15) is 32.3 Å². The Kier molecular flexibility index (Phi) is 1.76. The van der Waals surface area contributed by atoms with Gasteiger partial charge in [0.2, 0.25) is 0 Å². The number of hydrogen-bond acceptors (Lipinski definition) is 2. The highest BCUT2D eigenvalue weighted by molar-refractivity contribution is 5.83. The molecule has 0 bridgehead atoms. The van der Waals surface area contributed by atoms with Gasteiger partial charge in [-0.25, -0.2) is 0 Å². The summed E-state index contributed by atoms with van der Waals surface area (Å²) in [7, 11) is 0. The predicted octanol–water partition coefficient (Wildman–Crippen LogP) is 2.33. The SMILES string of the molecule is CC(C)(N)C1(c2cccc3cn[nH]c23)CC1. The van der Waals surface area contributed by atoms with E-state index in [2.05, 4.69) is 42.2 Å². The first kappa shape index (κ1) is 9.85. The lowest BCUT2D eigenvalue weighted by Gasteiger charge is -2.31. The maximum absolute atomic E-state index is 6.33. The minimum Gasteiger partial charge on any atom is -0.325 e. The number of benzene rings is 1. The van der Waals surface area contributed by atoms with Gasteiger partial charge in [0.05, 0.1) is 11.7 Å². The molecule has 1 heterocycles. The van der Waals surface area contributed by atoms with E-state index < -0.39 is 0 Å². The van der Waals surface area contributed by atoms with Crippen LogP contribution in [0.4, 0.5) is 0 Å². The molecule has 3 nitrogen and oxygen atoms in total. The topological polar surface area (TPSA) is 54.7 Å². The van der Waals surface area contributed by atoms with Crippen molar-refractivity contribution in [3.05, 3.63) is 30.0 Å². The lowest BCUT2D eigenvalue weighted by molar-refractivity contribution is 0.393. The maximum Gasteiger partial charge on any atom is 0.0688 e. The fraction of sp³-hybridized carbons (Fsp3) is 0.462. The van der Waals surface area contributed by atoms with Crippen molar-refractivity contribution in [2.75, 3.05) is 0 Å². The van der Waals surface area contributed by atoms with Gasteiger partial charge in [-0.15, -0.1) is 0 Å². The van der Waals surface area contributed by atoms with Crippen molar-refractivity contribution in [1.82, 2.24) is 10.2 Å². The summed E-state index contributed by atoms with van der Waals surface area (Å²) in [6, 6.07) is 6.36. The van der Waals surface area contributed by atoms with E-state index in [4.69, 9.17) is 5.73 Å². The molecule has 1 aromatic heterocycles. The third-order valence-corrected chi connectivity index (χ3v) is 3.98. The molecule has 1 aliphatic carbocycles. The Labute approximate surface area is 95.0 Å². The van der Waals surface area contributed by atoms with Crippen molar-refractivity contribution in [2.45, 2.75) is 37.6 Å². The Morgan fingerprint density at radius 2 is 2.12 bits per heavy atom. The Morgan fingerprint density at radius 3 is 2.75 bits per heavy atom. The van der Waals surface area contributed by atoms with Gasteiger partial charge in [0.1, 0.15) is 0 Å². The van der Waals surface area contributed by atoms with Crippen LogP contribution in [0.3, 0.4) is 0 Å². The number of aromatic nitrogens is 2. The lowest BCUT2D eigenvalue weighted by Crippen LogP contribution is -2.45. The third-order valence-electron chi connectivity index (χ3n) is 3.98. The first-order chi connectivity index (χ1) is 7.55. The highest BCUT2D eigenvalue weighted by atomic mass is 15.1. The largest absolute Gasteiger partial charge is 0.325 e. The molecular weight excluding hydrogens is 198 g/mol. The van der Waals surface area contributed by atoms with Crippen LogP contribution in [0.25, 0.3) is 10.9 Å². The van der Waals surface area contributed by atoms with E-state index in [9.17, 15) is 0 Å². The monoisotopic (exact) mass is 215 g/mol. The molecule has 2 aromatic rings. The summed E-state index contributed by atoms with van der Waals surface area (Å²) >= 11 is 0. The summed E-state index contributed by atoms with van der Waals surface area (Å²) in [6.45, 7) is 4.24. The molecule has 0 unspecified atom stereocenters. The molecule has 84 valence electrons. The molecular formula is C13H17N3. The standard InChI is InChI=1S/C13H17N3/c1-12(2,14)13(6-7-13)10-5-3-4-9-8-15-16-11(9)10/h3-5,8H,6-7,14H2,1-2H3,(H,15,16). The molecule has 0 amide bonds. The van der Waals surface area contributed by atoms with Crippen molar-refractivity contribution in [3.8, 4) is 0 Å². The number of nitrogens with two attached hydrogens (primary N) is 1. The van der Waals surface area contributed by atoms with E-state index >= 15 is 0 Å². The number of nitrogens with one attached hydrogen (secondary N) is 1. The highest BCUT2D eigenvalue weighted by Crippen LogP contribution is 2.55. The molecule has 0 atom stereocenters. The smallest absolute Gasteiger partial charge is 0.0688 e. The second kappa shape index (κ2) is 2.86. The van der Waals surface area contributed by atoms with Gasteiger partial charge >= 0.3 is 0 Å². The summed E-state index contributed by atoms with van der Waals surface area (Å²) in [4.78, 5) is 0. The van der Waals surface area contributed by atoms with Crippen LogP contribution in [0.15, 0.2) is 24.4 Å². The number of nitrogens with zero attached hydrogens (tertiary/aromatic N) is 1. The van der Waals surface area contributed by atoms with Crippen molar-refractivity contribution in [3.63, 3.8) is 0 Å². The summed E-state index contributed by atoms with van der Waals surface area (Å²) in [5.74, 6) is 0. The van der Waals surface area contributed by atoms with Crippen molar-refractivity contribution in [2.24, 2.45) is 5.73 Å². The number of para-hydroxylation sites is 1. The molecule has 3 heteroatoms. The van der Waals surface area contributed by atoms with Crippen LogP contribution in [-0.4, -0.2) is 15.7 Å². The summed E-state index contributed by atoms with van der Waals surface area (Å²) < 4.78 is 0. The van der Waals surface area contributed by atoms with E-state index in [0.29, 0.717) is 0 Å². The zero-order chi connectivity index (χ0) is 11.4. The van der Waals surface area contributed by atoms with E-state index in [1.165, 1.54) is 23.8 Å². The fourth-order valence-electron chi connectivity index (χ4n) is 2.75. The first-order valence-corrected chi connectivity index (χ1v) is 5.76. The molecule has 1 saturated carbocycles. The van der Waals surface area contributed by atoms with Crippen LogP contribution in [0, 0.1) is 0 Å².